The van der Waals surface area contributed by atoms with E-state index in [-0.39, 0.29) is 11.8 Å². The van der Waals surface area contributed by atoms with Crippen LogP contribution in [0.4, 0.5) is 0 Å². The molecule has 4 nitrogen and oxygen atoms in total. The van der Waals surface area contributed by atoms with Gasteiger partial charge in [-0.2, -0.15) is 0 Å². The third-order valence-electron chi connectivity index (χ3n) is 4.84. The van der Waals surface area contributed by atoms with Crippen LogP contribution >= 0.6 is 0 Å². The lowest BCUT2D eigenvalue weighted by Crippen LogP contribution is -2.73. The number of carbonyl (C=O) groups is 2. The molecule has 3 fully saturated rings. The first-order chi connectivity index (χ1) is 8.08. The van der Waals surface area contributed by atoms with Crippen molar-refractivity contribution < 1.29 is 9.59 Å². The predicted molar refractivity (Wildman–Crippen MR) is 63.3 cm³/mol. The van der Waals surface area contributed by atoms with Crippen LogP contribution in [0.5, 0.6) is 0 Å². The number of rotatable bonds is 0. The molecule has 3 aliphatic rings. The molecule has 2 heterocycles. The molecule has 2 amide bonds. The summed E-state index contributed by atoms with van der Waals surface area (Å²) in [6.07, 6.45) is 6.69. The van der Waals surface area contributed by atoms with E-state index < -0.39 is 11.1 Å². The molecule has 1 aliphatic carbocycles. The van der Waals surface area contributed by atoms with Gasteiger partial charge < -0.3 is 10.2 Å². The van der Waals surface area contributed by atoms with Crippen LogP contribution in [0.25, 0.3) is 0 Å². The molecule has 2 saturated heterocycles. The van der Waals surface area contributed by atoms with Gasteiger partial charge in [0, 0.05) is 6.54 Å². The van der Waals surface area contributed by atoms with Crippen molar-refractivity contribution in [2.75, 3.05) is 6.54 Å². The summed E-state index contributed by atoms with van der Waals surface area (Å²) in [4.78, 5) is 26.8. The Morgan fingerprint density at radius 1 is 1.06 bits per heavy atom. The Labute approximate surface area is 102 Å². The molecular formula is C13H20N2O2. The number of hydrogen-bond donors (Lipinski definition) is 1. The van der Waals surface area contributed by atoms with Crippen LogP contribution < -0.4 is 5.32 Å². The number of hydrogen-bond acceptors (Lipinski definition) is 2. The third-order valence-corrected chi connectivity index (χ3v) is 4.84. The molecule has 1 atom stereocenters. The van der Waals surface area contributed by atoms with E-state index in [1.54, 1.807) is 0 Å². The van der Waals surface area contributed by atoms with E-state index in [9.17, 15) is 9.59 Å². The van der Waals surface area contributed by atoms with Crippen molar-refractivity contribution in [3.05, 3.63) is 0 Å². The van der Waals surface area contributed by atoms with E-state index >= 15 is 0 Å². The highest BCUT2D eigenvalue weighted by Gasteiger charge is 2.57. The molecule has 1 saturated carbocycles. The van der Waals surface area contributed by atoms with Gasteiger partial charge >= 0.3 is 0 Å². The molecule has 3 rings (SSSR count). The lowest BCUT2D eigenvalue weighted by Gasteiger charge is -2.49. The van der Waals surface area contributed by atoms with Crippen molar-refractivity contribution in [1.29, 1.82) is 0 Å². The van der Waals surface area contributed by atoms with Crippen molar-refractivity contribution in [1.82, 2.24) is 10.2 Å². The molecule has 1 unspecified atom stereocenters. The summed E-state index contributed by atoms with van der Waals surface area (Å²) in [5, 5.41) is 3.06. The molecule has 1 spiro atoms. The van der Waals surface area contributed by atoms with Gasteiger partial charge in [-0.15, -0.1) is 0 Å². The molecule has 17 heavy (non-hydrogen) atoms. The van der Waals surface area contributed by atoms with Crippen molar-refractivity contribution in [3.8, 4) is 0 Å². The highest BCUT2D eigenvalue weighted by atomic mass is 16.2. The highest BCUT2D eigenvalue weighted by Crippen LogP contribution is 2.40. The van der Waals surface area contributed by atoms with E-state index in [2.05, 4.69) is 5.32 Å². The summed E-state index contributed by atoms with van der Waals surface area (Å²) in [5.74, 6) is 0.244. The Morgan fingerprint density at radius 3 is 2.47 bits per heavy atom. The second-order valence-corrected chi connectivity index (χ2v) is 5.93. The summed E-state index contributed by atoms with van der Waals surface area (Å²) in [6.45, 7) is 2.66. The predicted octanol–water partition coefficient (Wildman–Crippen LogP) is 1.20. The van der Waals surface area contributed by atoms with Gasteiger partial charge in [0.15, 0.2) is 0 Å². The van der Waals surface area contributed by atoms with Gasteiger partial charge in [0.25, 0.3) is 0 Å². The fourth-order valence-electron chi connectivity index (χ4n) is 3.68. The lowest BCUT2D eigenvalue weighted by atomic mass is 9.77. The maximum absolute atomic E-state index is 12.6. The monoisotopic (exact) mass is 236 g/mol. The number of piperazine rings is 1. The minimum Gasteiger partial charge on any atom is -0.340 e. The Bertz CT molecular complexity index is 374. The molecule has 94 valence electrons. The molecule has 2 aliphatic heterocycles. The van der Waals surface area contributed by atoms with Gasteiger partial charge in [0.2, 0.25) is 11.8 Å². The topological polar surface area (TPSA) is 49.4 Å². The third kappa shape index (κ3) is 1.36. The van der Waals surface area contributed by atoms with Crippen LogP contribution in [0.3, 0.4) is 0 Å². The fraction of sp³-hybridized carbons (Fsp3) is 0.846. The van der Waals surface area contributed by atoms with Crippen LogP contribution in [0, 0.1) is 0 Å². The number of fused-ring (bicyclic) bond motifs is 1. The molecule has 0 aromatic carbocycles. The zero-order chi connectivity index (χ0) is 12.1. The van der Waals surface area contributed by atoms with E-state index in [0.717, 1.165) is 45.1 Å². The first kappa shape index (κ1) is 11.1. The molecule has 0 radical (unpaired) electrons. The smallest absolute Gasteiger partial charge is 0.249 e. The zero-order valence-electron chi connectivity index (χ0n) is 10.4. The first-order valence-electron chi connectivity index (χ1n) is 6.73. The number of carbonyl (C=O) groups excluding carboxylic acids is 2. The van der Waals surface area contributed by atoms with Crippen LogP contribution in [-0.4, -0.2) is 34.3 Å². The molecule has 0 aromatic heterocycles. The van der Waals surface area contributed by atoms with Crippen molar-refractivity contribution in [3.63, 3.8) is 0 Å². The Hall–Kier alpha value is -1.06. The quantitative estimate of drug-likeness (QED) is 0.687. The van der Waals surface area contributed by atoms with Crippen LogP contribution in [-0.2, 0) is 9.59 Å². The Morgan fingerprint density at radius 2 is 1.76 bits per heavy atom. The van der Waals surface area contributed by atoms with Crippen molar-refractivity contribution >= 4 is 11.8 Å². The zero-order valence-corrected chi connectivity index (χ0v) is 10.4. The second-order valence-electron chi connectivity index (χ2n) is 5.93. The van der Waals surface area contributed by atoms with Crippen molar-refractivity contribution in [2.24, 2.45) is 0 Å². The Balaban J connectivity index is 1.95. The SMILES string of the molecule is CC12CCCN1C(=O)C1(CCCCC1)NC2=O. The van der Waals surface area contributed by atoms with E-state index in [1.807, 2.05) is 11.8 Å². The van der Waals surface area contributed by atoms with Gasteiger partial charge in [-0.3, -0.25) is 9.59 Å². The molecule has 1 N–H and O–H groups in total. The minimum atomic E-state index is -0.570. The molecule has 4 heteroatoms. The minimum absolute atomic E-state index is 0.0662. The van der Waals surface area contributed by atoms with Crippen LogP contribution in [0.15, 0.2) is 0 Å². The number of nitrogens with one attached hydrogen (secondary N) is 1. The van der Waals surface area contributed by atoms with E-state index in [0.29, 0.717) is 0 Å². The van der Waals surface area contributed by atoms with Crippen molar-refractivity contribution in [2.45, 2.75) is 62.9 Å². The molecule has 0 bridgehead atoms. The summed E-state index contributed by atoms with van der Waals surface area (Å²) < 4.78 is 0. The summed E-state index contributed by atoms with van der Waals surface area (Å²) >= 11 is 0. The summed E-state index contributed by atoms with van der Waals surface area (Å²) in [6, 6.07) is 0. The summed E-state index contributed by atoms with van der Waals surface area (Å²) in [7, 11) is 0. The van der Waals surface area contributed by atoms with E-state index in [1.165, 1.54) is 6.42 Å². The van der Waals surface area contributed by atoms with Gasteiger partial charge in [-0.1, -0.05) is 19.3 Å². The van der Waals surface area contributed by atoms with Gasteiger partial charge in [0.1, 0.15) is 11.1 Å². The van der Waals surface area contributed by atoms with Gasteiger partial charge in [-0.05, 0) is 32.6 Å². The van der Waals surface area contributed by atoms with Crippen LogP contribution in [0.1, 0.15) is 51.9 Å². The average Bonchev–Trinajstić information content (AvgIpc) is 2.72. The normalized spacial score (nSPS) is 35.9. The Kier molecular flexibility index (Phi) is 2.25. The highest BCUT2D eigenvalue weighted by molar-refractivity contribution is 6.02. The number of amides is 2. The number of nitrogens with zero attached hydrogens (tertiary/aromatic N) is 1. The van der Waals surface area contributed by atoms with E-state index in [4.69, 9.17) is 0 Å². The first-order valence-corrected chi connectivity index (χ1v) is 6.73. The van der Waals surface area contributed by atoms with Crippen LogP contribution in [0.2, 0.25) is 0 Å². The second kappa shape index (κ2) is 3.47. The fourth-order valence-corrected chi connectivity index (χ4v) is 3.68. The lowest BCUT2D eigenvalue weighted by molar-refractivity contribution is -0.160. The van der Waals surface area contributed by atoms with Gasteiger partial charge in [-0.25, -0.2) is 0 Å². The molecular weight excluding hydrogens is 216 g/mol. The largest absolute Gasteiger partial charge is 0.340 e. The standard InChI is InChI=1S/C13H20N2O2/c1-12-6-5-9-15(12)11(17)13(14-10(12)16)7-3-2-4-8-13/h2-9H2,1H3,(H,14,16). The molecule has 0 aromatic rings. The van der Waals surface area contributed by atoms with Gasteiger partial charge in [0.05, 0.1) is 0 Å². The summed E-state index contributed by atoms with van der Waals surface area (Å²) in [5.41, 5.74) is -1.13. The maximum Gasteiger partial charge on any atom is 0.249 e. The maximum atomic E-state index is 12.6. The average molecular weight is 236 g/mol.